The number of aromatic nitrogens is 2. The fraction of sp³-hybridized carbons (Fsp3) is 0.500. The largest absolute Gasteiger partial charge is 0.438 e. The van der Waals surface area contributed by atoms with Gasteiger partial charge in [-0.2, -0.15) is 4.98 Å². The highest BCUT2D eigenvalue weighted by atomic mass is 32.1. The van der Waals surface area contributed by atoms with E-state index in [1.54, 1.807) is 0 Å². The monoisotopic (exact) mass is 423 g/mol. The van der Waals surface area contributed by atoms with Crippen LogP contribution in [0.4, 0.5) is 0 Å². The van der Waals surface area contributed by atoms with E-state index in [1.165, 1.54) is 28.0 Å². The lowest BCUT2D eigenvalue weighted by Gasteiger charge is -2.25. The Hall–Kier alpha value is -2.02. The molecule has 2 aliphatic rings. The Morgan fingerprint density at radius 2 is 2.00 bits per heavy atom. The first kappa shape index (κ1) is 19.9. The molecule has 5 rings (SSSR count). The molecular formula is C24H29N3O2S. The van der Waals surface area contributed by atoms with E-state index < -0.39 is 0 Å². The third-order valence-electron chi connectivity index (χ3n) is 6.33. The highest BCUT2D eigenvalue weighted by molar-refractivity contribution is 7.18. The molecule has 158 valence electrons. The minimum atomic E-state index is 0.721. The second kappa shape index (κ2) is 8.25. The van der Waals surface area contributed by atoms with Gasteiger partial charge < -0.3 is 9.47 Å². The van der Waals surface area contributed by atoms with Crippen LogP contribution in [0.1, 0.15) is 40.7 Å². The van der Waals surface area contributed by atoms with E-state index in [1.807, 2.05) is 17.4 Å². The Bertz CT molecular complexity index is 1070. The number of ether oxygens (including phenoxy) is 2. The van der Waals surface area contributed by atoms with Gasteiger partial charge in [-0.3, -0.25) is 4.90 Å². The van der Waals surface area contributed by atoms with Crippen molar-refractivity contribution in [3.05, 3.63) is 45.6 Å². The van der Waals surface area contributed by atoms with Crippen LogP contribution in [0.3, 0.4) is 0 Å². The van der Waals surface area contributed by atoms with Gasteiger partial charge in [0.1, 0.15) is 16.4 Å². The molecule has 1 fully saturated rings. The Labute approximate surface area is 182 Å². The molecular weight excluding hydrogens is 394 g/mol. The number of thiophene rings is 1. The summed E-state index contributed by atoms with van der Waals surface area (Å²) in [5.41, 5.74) is 3.91. The van der Waals surface area contributed by atoms with Crippen LogP contribution < -0.4 is 4.74 Å². The third kappa shape index (κ3) is 3.96. The highest BCUT2D eigenvalue weighted by Crippen LogP contribution is 2.42. The number of fused-ring (bicyclic) bond motifs is 3. The van der Waals surface area contributed by atoms with Crippen molar-refractivity contribution in [2.75, 3.05) is 26.3 Å². The Morgan fingerprint density at radius 3 is 2.80 bits per heavy atom. The second-order valence-corrected chi connectivity index (χ2v) is 9.80. The maximum atomic E-state index is 6.42. The van der Waals surface area contributed by atoms with E-state index >= 15 is 0 Å². The summed E-state index contributed by atoms with van der Waals surface area (Å²) in [7, 11) is 0. The Morgan fingerprint density at radius 1 is 1.17 bits per heavy atom. The van der Waals surface area contributed by atoms with Crippen LogP contribution in [-0.4, -0.2) is 41.2 Å². The average Bonchev–Trinajstić information content (AvgIpc) is 3.09. The summed E-state index contributed by atoms with van der Waals surface area (Å²) < 4.78 is 11.9. The van der Waals surface area contributed by atoms with Gasteiger partial charge in [0.15, 0.2) is 0 Å². The maximum absolute atomic E-state index is 6.42. The van der Waals surface area contributed by atoms with Crippen LogP contribution in [0.25, 0.3) is 10.2 Å². The van der Waals surface area contributed by atoms with Gasteiger partial charge >= 0.3 is 0 Å². The molecule has 6 heteroatoms. The molecule has 1 aliphatic carbocycles. The minimum Gasteiger partial charge on any atom is -0.438 e. The summed E-state index contributed by atoms with van der Waals surface area (Å²) in [6.07, 6.45) is 3.45. The number of benzene rings is 1. The van der Waals surface area contributed by atoms with E-state index in [2.05, 4.69) is 37.8 Å². The number of aryl methyl sites for hydroxylation is 3. The number of morpholine rings is 1. The van der Waals surface area contributed by atoms with Gasteiger partial charge in [-0.1, -0.05) is 13.0 Å². The van der Waals surface area contributed by atoms with Gasteiger partial charge in [-0.05, 0) is 67.9 Å². The molecule has 30 heavy (non-hydrogen) atoms. The first-order valence-corrected chi connectivity index (χ1v) is 11.7. The lowest BCUT2D eigenvalue weighted by atomic mass is 9.89. The van der Waals surface area contributed by atoms with Gasteiger partial charge in [-0.25, -0.2) is 4.98 Å². The molecule has 0 saturated carbocycles. The van der Waals surface area contributed by atoms with Crippen molar-refractivity contribution in [2.24, 2.45) is 5.92 Å². The number of rotatable bonds is 4. The predicted octanol–water partition coefficient (Wildman–Crippen LogP) is 5.06. The Balaban J connectivity index is 1.56. The summed E-state index contributed by atoms with van der Waals surface area (Å²) in [5.74, 6) is 3.14. The zero-order valence-electron chi connectivity index (χ0n) is 18.0. The van der Waals surface area contributed by atoms with Crippen LogP contribution in [0, 0.1) is 19.8 Å². The fourth-order valence-electron chi connectivity index (χ4n) is 4.34. The topological polar surface area (TPSA) is 47.5 Å². The van der Waals surface area contributed by atoms with Crippen molar-refractivity contribution in [3.63, 3.8) is 0 Å². The van der Waals surface area contributed by atoms with E-state index in [4.69, 9.17) is 19.4 Å². The van der Waals surface area contributed by atoms with Crippen LogP contribution >= 0.6 is 11.3 Å². The maximum Gasteiger partial charge on any atom is 0.231 e. The summed E-state index contributed by atoms with van der Waals surface area (Å²) in [4.78, 5) is 14.8. The molecule has 1 aromatic carbocycles. The molecule has 1 saturated heterocycles. The van der Waals surface area contributed by atoms with Crippen molar-refractivity contribution in [3.8, 4) is 11.6 Å². The molecule has 1 aliphatic heterocycles. The molecule has 0 amide bonds. The molecule has 0 radical (unpaired) electrons. The van der Waals surface area contributed by atoms with Gasteiger partial charge in [0, 0.05) is 18.0 Å². The number of nitrogens with zero attached hydrogens (tertiary/aromatic N) is 3. The standard InChI is InChI=1S/C24H29N3O2S/c1-15-4-7-19-20(12-15)30-24-22(19)23(29-18-6-5-16(2)17(3)13-18)25-21(26-24)14-27-8-10-28-11-9-27/h5-6,13,15H,4,7-12,14H2,1-3H3. The van der Waals surface area contributed by atoms with Crippen molar-refractivity contribution in [1.29, 1.82) is 0 Å². The van der Waals surface area contributed by atoms with Crippen molar-refractivity contribution >= 4 is 21.6 Å². The average molecular weight is 424 g/mol. The first-order valence-electron chi connectivity index (χ1n) is 10.9. The van der Waals surface area contributed by atoms with Crippen molar-refractivity contribution < 1.29 is 9.47 Å². The van der Waals surface area contributed by atoms with Gasteiger partial charge in [0.25, 0.3) is 0 Å². The van der Waals surface area contributed by atoms with Gasteiger partial charge in [-0.15, -0.1) is 11.3 Å². The molecule has 0 bridgehead atoms. The molecule has 3 heterocycles. The fourth-order valence-corrected chi connectivity index (χ4v) is 5.74. The molecule has 0 N–H and O–H groups in total. The SMILES string of the molecule is Cc1ccc(Oc2nc(CN3CCOCC3)nc3sc4c(c23)CCC(C)C4)cc1C. The molecule has 2 aromatic heterocycles. The Kier molecular flexibility index (Phi) is 5.48. The summed E-state index contributed by atoms with van der Waals surface area (Å²) in [6, 6.07) is 6.26. The number of hydrogen-bond donors (Lipinski definition) is 0. The van der Waals surface area contributed by atoms with Crippen molar-refractivity contribution in [2.45, 2.75) is 46.6 Å². The lowest BCUT2D eigenvalue weighted by Crippen LogP contribution is -2.36. The van der Waals surface area contributed by atoms with E-state index in [-0.39, 0.29) is 0 Å². The normalized spacial score (nSPS) is 19.8. The van der Waals surface area contributed by atoms with E-state index in [9.17, 15) is 0 Å². The molecule has 0 spiro atoms. The zero-order valence-corrected chi connectivity index (χ0v) is 18.8. The second-order valence-electron chi connectivity index (χ2n) is 8.71. The molecule has 1 atom stereocenters. The van der Waals surface area contributed by atoms with Crippen LogP contribution in [0.5, 0.6) is 11.6 Å². The summed E-state index contributed by atoms with van der Waals surface area (Å²) in [6.45, 7) is 10.7. The van der Waals surface area contributed by atoms with E-state index in [0.717, 1.165) is 79.3 Å². The third-order valence-corrected chi connectivity index (χ3v) is 7.48. The minimum absolute atomic E-state index is 0.721. The quantitative estimate of drug-likeness (QED) is 0.587. The molecule has 1 unspecified atom stereocenters. The molecule has 5 nitrogen and oxygen atoms in total. The predicted molar refractivity (Wildman–Crippen MR) is 121 cm³/mol. The summed E-state index contributed by atoms with van der Waals surface area (Å²) in [5, 5.41) is 1.13. The lowest BCUT2D eigenvalue weighted by molar-refractivity contribution is 0.0330. The first-order chi connectivity index (χ1) is 14.6. The molecule has 3 aromatic rings. The summed E-state index contributed by atoms with van der Waals surface area (Å²) >= 11 is 1.84. The van der Waals surface area contributed by atoms with Crippen LogP contribution in [0.2, 0.25) is 0 Å². The van der Waals surface area contributed by atoms with Crippen molar-refractivity contribution in [1.82, 2.24) is 14.9 Å². The van der Waals surface area contributed by atoms with Gasteiger partial charge in [0.05, 0.1) is 25.1 Å². The number of hydrogen-bond acceptors (Lipinski definition) is 6. The van der Waals surface area contributed by atoms with E-state index in [0.29, 0.717) is 0 Å². The van der Waals surface area contributed by atoms with Crippen LogP contribution in [0.15, 0.2) is 18.2 Å². The smallest absolute Gasteiger partial charge is 0.231 e. The highest BCUT2D eigenvalue weighted by Gasteiger charge is 2.25. The zero-order chi connectivity index (χ0) is 20.7. The van der Waals surface area contributed by atoms with Crippen LogP contribution in [-0.2, 0) is 24.1 Å². The van der Waals surface area contributed by atoms with Gasteiger partial charge in [0.2, 0.25) is 5.88 Å².